The van der Waals surface area contributed by atoms with Gasteiger partial charge in [0.1, 0.15) is 0 Å². The minimum Gasteiger partial charge on any atom is -0.396 e. The van der Waals surface area contributed by atoms with Crippen LogP contribution in [0.3, 0.4) is 0 Å². The Morgan fingerprint density at radius 2 is 2.00 bits per heavy atom. The molecule has 0 aliphatic heterocycles. The number of nitrogens with one attached hydrogen (secondary N) is 1. The van der Waals surface area contributed by atoms with Gasteiger partial charge in [-0.2, -0.15) is 0 Å². The van der Waals surface area contributed by atoms with E-state index in [2.05, 4.69) is 12.2 Å². The molecule has 0 bridgehead atoms. The molecule has 0 spiro atoms. The first-order valence-electron chi connectivity index (χ1n) is 5.19. The molecular weight excluding hydrogens is 150 g/mol. The lowest BCUT2D eigenvalue weighted by molar-refractivity contribution is 0.211. The molecule has 12 heavy (non-hydrogen) atoms. The van der Waals surface area contributed by atoms with Gasteiger partial charge in [-0.05, 0) is 32.2 Å². The zero-order valence-electron chi connectivity index (χ0n) is 8.10. The Morgan fingerprint density at radius 3 is 2.50 bits per heavy atom. The molecule has 2 heteroatoms. The first kappa shape index (κ1) is 10.0. The fourth-order valence-corrected chi connectivity index (χ4v) is 2.17. The van der Waals surface area contributed by atoms with Crippen molar-refractivity contribution < 1.29 is 5.11 Å². The van der Waals surface area contributed by atoms with Gasteiger partial charge in [0.05, 0.1) is 0 Å². The van der Waals surface area contributed by atoms with Crippen LogP contribution < -0.4 is 5.32 Å². The van der Waals surface area contributed by atoms with Crippen LogP contribution in [-0.4, -0.2) is 23.8 Å². The third kappa shape index (κ3) is 2.46. The first-order valence-corrected chi connectivity index (χ1v) is 5.19. The molecule has 1 aliphatic rings. The van der Waals surface area contributed by atoms with Gasteiger partial charge in [-0.15, -0.1) is 0 Å². The molecule has 0 aromatic carbocycles. The van der Waals surface area contributed by atoms with Crippen molar-refractivity contribution in [3.05, 3.63) is 0 Å². The second-order valence-electron chi connectivity index (χ2n) is 3.89. The van der Waals surface area contributed by atoms with Crippen LogP contribution in [0.15, 0.2) is 0 Å². The number of hydrogen-bond donors (Lipinski definition) is 2. The zero-order valence-corrected chi connectivity index (χ0v) is 8.10. The Bertz CT molecular complexity index is 119. The third-order valence-corrected chi connectivity index (χ3v) is 2.90. The average Bonchev–Trinajstić information content (AvgIpc) is 2.51. The van der Waals surface area contributed by atoms with E-state index in [0.29, 0.717) is 12.1 Å². The summed E-state index contributed by atoms with van der Waals surface area (Å²) in [6.45, 7) is 3.62. The van der Waals surface area contributed by atoms with Gasteiger partial charge in [0, 0.05) is 12.1 Å². The molecule has 0 saturated heterocycles. The second kappa shape index (κ2) is 4.83. The molecule has 0 unspecified atom stereocenters. The molecule has 2 nitrogen and oxygen atoms in total. The summed E-state index contributed by atoms with van der Waals surface area (Å²) < 4.78 is 0. The summed E-state index contributed by atoms with van der Waals surface area (Å²) in [6.07, 6.45) is 7.30. The summed E-state index contributed by atoms with van der Waals surface area (Å²) in [7, 11) is 0. The van der Waals surface area contributed by atoms with Crippen LogP contribution in [-0.2, 0) is 0 Å². The van der Waals surface area contributed by atoms with Crippen LogP contribution in [0.5, 0.6) is 0 Å². The Morgan fingerprint density at radius 1 is 1.33 bits per heavy atom. The second-order valence-corrected chi connectivity index (χ2v) is 3.89. The van der Waals surface area contributed by atoms with Gasteiger partial charge < -0.3 is 10.4 Å². The quantitative estimate of drug-likeness (QED) is 0.659. The highest BCUT2D eigenvalue weighted by Gasteiger charge is 2.31. The molecule has 2 N–H and O–H groups in total. The van der Waals surface area contributed by atoms with E-state index in [1.54, 1.807) is 0 Å². The summed E-state index contributed by atoms with van der Waals surface area (Å²) in [4.78, 5) is 0. The van der Waals surface area contributed by atoms with E-state index >= 15 is 0 Å². The lowest BCUT2D eigenvalue weighted by Crippen LogP contribution is -2.43. The molecule has 0 aromatic rings. The van der Waals surface area contributed by atoms with Crippen molar-refractivity contribution in [3.8, 4) is 0 Å². The van der Waals surface area contributed by atoms with Gasteiger partial charge in [-0.1, -0.05) is 19.8 Å². The SMILES string of the molecule is CCCNC1(CCO)CCCC1. The monoisotopic (exact) mass is 171 g/mol. The summed E-state index contributed by atoms with van der Waals surface area (Å²) in [5.74, 6) is 0. The highest BCUT2D eigenvalue weighted by atomic mass is 16.3. The van der Waals surface area contributed by atoms with Crippen LogP contribution >= 0.6 is 0 Å². The van der Waals surface area contributed by atoms with E-state index in [1.165, 1.54) is 32.1 Å². The normalized spacial score (nSPS) is 21.5. The maximum absolute atomic E-state index is 8.95. The molecular formula is C10H21NO. The summed E-state index contributed by atoms with van der Waals surface area (Å²) in [5, 5.41) is 12.5. The van der Waals surface area contributed by atoms with Gasteiger partial charge in [-0.25, -0.2) is 0 Å². The molecule has 72 valence electrons. The van der Waals surface area contributed by atoms with Crippen molar-refractivity contribution in [3.63, 3.8) is 0 Å². The number of aliphatic hydroxyl groups is 1. The first-order chi connectivity index (χ1) is 5.83. The van der Waals surface area contributed by atoms with E-state index < -0.39 is 0 Å². The highest BCUT2D eigenvalue weighted by molar-refractivity contribution is 4.92. The summed E-state index contributed by atoms with van der Waals surface area (Å²) in [5.41, 5.74) is 0.296. The fraction of sp³-hybridized carbons (Fsp3) is 1.00. The predicted octanol–water partition coefficient (Wildman–Crippen LogP) is 1.68. The molecule has 0 amide bonds. The molecule has 0 atom stereocenters. The molecule has 1 rings (SSSR count). The summed E-state index contributed by atoms with van der Waals surface area (Å²) in [6, 6.07) is 0. The van der Waals surface area contributed by atoms with Crippen molar-refractivity contribution in [2.24, 2.45) is 0 Å². The van der Waals surface area contributed by atoms with Crippen LogP contribution in [0, 0.1) is 0 Å². The van der Waals surface area contributed by atoms with Crippen LogP contribution in [0.2, 0.25) is 0 Å². The van der Waals surface area contributed by atoms with E-state index in [9.17, 15) is 0 Å². The third-order valence-electron chi connectivity index (χ3n) is 2.90. The van der Waals surface area contributed by atoms with Crippen molar-refractivity contribution in [1.82, 2.24) is 5.32 Å². The minimum atomic E-state index is 0.296. The summed E-state index contributed by atoms with van der Waals surface area (Å²) >= 11 is 0. The van der Waals surface area contributed by atoms with Crippen LogP contribution in [0.25, 0.3) is 0 Å². The van der Waals surface area contributed by atoms with Gasteiger partial charge >= 0.3 is 0 Å². The number of rotatable bonds is 5. The molecule has 1 saturated carbocycles. The van der Waals surface area contributed by atoms with Gasteiger partial charge in [0.15, 0.2) is 0 Å². The van der Waals surface area contributed by atoms with E-state index in [4.69, 9.17) is 5.11 Å². The smallest absolute Gasteiger partial charge is 0.0448 e. The van der Waals surface area contributed by atoms with Gasteiger partial charge in [0.2, 0.25) is 0 Å². The van der Waals surface area contributed by atoms with Gasteiger partial charge in [-0.3, -0.25) is 0 Å². The fourth-order valence-electron chi connectivity index (χ4n) is 2.17. The maximum Gasteiger partial charge on any atom is 0.0448 e. The molecule has 0 heterocycles. The number of hydrogen-bond acceptors (Lipinski definition) is 2. The Hall–Kier alpha value is -0.0800. The Kier molecular flexibility index (Phi) is 4.02. The van der Waals surface area contributed by atoms with E-state index in [-0.39, 0.29) is 0 Å². The topological polar surface area (TPSA) is 32.3 Å². The maximum atomic E-state index is 8.95. The largest absolute Gasteiger partial charge is 0.396 e. The van der Waals surface area contributed by atoms with Crippen molar-refractivity contribution >= 4 is 0 Å². The zero-order chi connectivity index (χ0) is 8.86. The van der Waals surface area contributed by atoms with Crippen molar-refractivity contribution in [2.75, 3.05) is 13.2 Å². The number of aliphatic hydroxyl groups excluding tert-OH is 1. The molecule has 1 fully saturated rings. The highest BCUT2D eigenvalue weighted by Crippen LogP contribution is 2.32. The Labute approximate surface area is 75.4 Å². The van der Waals surface area contributed by atoms with Crippen LogP contribution in [0.4, 0.5) is 0 Å². The average molecular weight is 171 g/mol. The molecule has 0 radical (unpaired) electrons. The van der Waals surface area contributed by atoms with Crippen LogP contribution in [0.1, 0.15) is 45.4 Å². The minimum absolute atomic E-state index is 0.296. The predicted molar refractivity (Wildman–Crippen MR) is 51.2 cm³/mol. The van der Waals surface area contributed by atoms with E-state index in [1.807, 2.05) is 0 Å². The van der Waals surface area contributed by atoms with Crippen molar-refractivity contribution in [2.45, 2.75) is 51.0 Å². The van der Waals surface area contributed by atoms with Gasteiger partial charge in [0.25, 0.3) is 0 Å². The molecule has 1 aliphatic carbocycles. The molecule has 0 aromatic heterocycles. The standard InChI is InChI=1S/C10H21NO/c1-2-8-11-10(7-9-12)5-3-4-6-10/h11-12H,2-9H2,1H3. The van der Waals surface area contributed by atoms with E-state index in [0.717, 1.165) is 13.0 Å². The lowest BCUT2D eigenvalue weighted by atomic mass is 9.93. The Balaban J connectivity index is 2.35. The van der Waals surface area contributed by atoms with Crippen molar-refractivity contribution in [1.29, 1.82) is 0 Å². The lowest BCUT2D eigenvalue weighted by Gasteiger charge is -2.29.